The van der Waals surface area contributed by atoms with Crippen LogP contribution >= 0.6 is 0 Å². The van der Waals surface area contributed by atoms with Crippen molar-refractivity contribution in [3.05, 3.63) is 12.7 Å². The number of aliphatic carboxylic acids is 1. The van der Waals surface area contributed by atoms with Crippen molar-refractivity contribution in [2.75, 3.05) is 0 Å². The van der Waals surface area contributed by atoms with Crippen molar-refractivity contribution in [1.82, 2.24) is 5.32 Å². The van der Waals surface area contributed by atoms with Crippen LogP contribution in [0.2, 0.25) is 0 Å². The lowest BCUT2D eigenvalue weighted by atomic mass is 9.94. The molecule has 0 aliphatic rings. The third-order valence-electron chi connectivity index (χ3n) is 2.86. The second-order valence-corrected chi connectivity index (χ2v) is 5.05. The van der Waals surface area contributed by atoms with Crippen LogP contribution in [-0.2, 0) is 14.4 Å². The molecule has 0 radical (unpaired) electrons. The van der Waals surface area contributed by atoms with Crippen LogP contribution in [0.4, 0.5) is 0 Å². The number of Topliss-reactive ketones (excluding diaryl/α,β-unsaturated/α-hetero) is 1. The molecule has 0 unspecified atom stereocenters. The predicted octanol–water partition coefficient (Wildman–Crippen LogP) is 2.06. The lowest BCUT2D eigenvalue weighted by molar-refractivity contribution is -0.137. The minimum Gasteiger partial charge on any atom is -0.481 e. The van der Waals surface area contributed by atoms with Crippen LogP contribution in [0.25, 0.3) is 0 Å². The van der Waals surface area contributed by atoms with Gasteiger partial charge in [0.25, 0.3) is 0 Å². The molecule has 0 aromatic heterocycles. The number of carboxylic acid groups (broad SMARTS) is 1. The zero-order valence-corrected chi connectivity index (χ0v) is 11.7. The van der Waals surface area contributed by atoms with Crippen molar-refractivity contribution in [2.24, 2.45) is 0 Å². The first-order chi connectivity index (χ1) is 8.79. The lowest BCUT2D eigenvalue weighted by Crippen LogP contribution is -2.49. The number of rotatable bonds is 10. The van der Waals surface area contributed by atoms with Gasteiger partial charge in [0.15, 0.2) is 5.78 Å². The summed E-state index contributed by atoms with van der Waals surface area (Å²) in [6.45, 7) is 6.68. The lowest BCUT2D eigenvalue weighted by Gasteiger charge is -2.24. The number of ketones is 1. The van der Waals surface area contributed by atoms with E-state index in [1.807, 2.05) is 0 Å². The molecular formula is C14H23NO4. The van der Waals surface area contributed by atoms with E-state index in [0.717, 1.165) is 18.9 Å². The fourth-order valence-electron chi connectivity index (χ4n) is 1.66. The largest absolute Gasteiger partial charge is 0.481 e. The Hall–Kier alpha value is -1.65. The Morgan fingerprint density at radius 2 is 1.63 bits per heavy atom. The van der Waals surface area contributed by atoms with E-state index in [0.29, 0.717) is 19.3 Å². The van der Waals surface area contributed by atoms with Gasteiger partial charge < -0.3 is 10.4 Å². The van der Waals surface area contributed by atoms with E-state index >= 15 is 0 Å². The van der Waals surface area contributed by atoms with Gasteiger partial charge in [-0.15, -0.1) is 0 Å². The van der Waals surface area contributed by atoms with Gasteiger partial charge in [-0.05, 0) is 32.8 Å². The highest BCUT2D eigenvalue weighted by molar-refractivity contribution is 5.95. The summed E-state index contributed by atoms with van der Waals surface area (Å²) in [5, 5.41) is 11.1. The number of hydrogen-bond acceptors (Lipinski definition) is 3. The maximum atomic E-state index is 11.9. The van der Waals surface area contributed by atoms with E-state index in [9.17, 15) is 14.4 Å². The minimum absolute atomic E-state index is 0.0269. The van der Waals surface area contributed by atoms with Gasteiger partial charge in [-0.2, -0.15) is 0 Å². The highest BCUT2D eigenvalue weighted by Crippen LogP contribution is 2.12. The van der Waals surface area contributed by atoms with Gasteiger partial charge >= 0.3 is 5.97 Å². The van der Waals surface area contributed by atoms with Crippen molar-refractivity contribution in [2.45, 2.75) is 57.9 Å². The molecule has 0 fully saturated rings. The molecular weight excluding hydrogens is 246 g/mol. The highest BCUT2D eigenvalue weighted by atomic mass is 16.4. The van der Waals surface area contributed by atoms with Crippen LogP contribution < -0.4 is 5.32 Å². The molecule has 0 heterocycles. The van der Waals surface area contributed by atoms with Crippen LogP contribution in [0.1, 0.15) is 52.4 Å². The number of unbranched alkanes of at least 4 members (excludes halogenated alkanes) is 3. The summed E-state index contributed by atoms with van der Waals surface area (Å²) in [7, 11) is 0. The maximum Gasteiger partial charge on any atom is 0.303 e. The third-order valence-corrected chi connectivity index (χ3v) is 2.86. The standard InChI is InChI=1S/C14H23NO4/c1-4-12(17)15-14(2,3)11(16)9-7-5-6-8-10-13(18)19/h4H,1,5-10H2,2-3H3,(H,15,17)(H,18,19). The van der Waals surface area contributed by atoms with Crippen molar-refractivity contribution >= 4 is 17.7 Å². The van der Waals surface area contributed by atoms with Gasteiger partial charge in [-0.1, -0.05) is 19.4 Å². The molecule has 2 N–H and O–H groups in total. The Balaban J connectivity index is 3.87. The average molecular weight is 269 g/mol. The fourth-order valence-corrected chi connectivity index (χ4v) is 1.66. The van der Waals surface area contributed by atoms with Gasteiger partial charge in [0, 0.05) is 12.8 Å². The molecule has 1 amide bonds. The molecule has 0 bridgehead atoms. The molecule has 19 heavy (non-hydrogen) atoms. The molecule has 0 rings (SSSR count). The van der Waals surface area contributed by atoms with E-state index in [-0.39, 0.29) is 18.1 Å². The smallest absolute Gasteiger partial charge is 0.303 e. The quantitative estimate of drug-likeness (QED) is 0.469. The number of carbonyl (C=O) groups is 3. The van der Waals surface area contributed by atoms with E-state index in [1.54, 1.807) is 13.8 Å². The number of carboxylic acids is 1. The molecule has 0 aromatic rings. The number of nitrogens with one attached hydrogen (secondary N) is 1. The highest BCUT2D eigenvalue weighted by Gasteiger charge is 2.27. The second-order valence-electron chi connectivity index (χ2n) is 5.05. The zero-order valence-electron chi connectivity index (χ0n) is 11.7. The first-order valence-corrected chi connectivity index (χ1v) is 6.49. The Morgan fingerprint density at radius 3 is 2.11 bits per heavy atom. The summed E-state index contributed by atoms with van der Waals surface area (Å²) in [4.78, 5) is 33.4. The number of carbonyl (C=O) groups excluding carboxylic acids is 2. The average Bonchev–Trinajstić information content (AvgIpc) is 2.32. The molecule has 5 heteroatoms. The van der Waals surface area contributed by atoms with Crippen molar-refractivity contribution in [3.8, 4) is 0 Å². The van der Waals surface area contributed by atoms with Crippen molar-refractivity contribution < 1.29 is 19.5 Å². The van der Waals surface area contributed by atoms with E-state index in [2.05, 4.69) is 11.9 Å². The minimum atomic E-state index is -0.883. The van der Waals surface area contributed by atoms with E-state index < -0.39 is 11.5 Å². The summed E-state index contributed by atoms with van der Waals surface area (Å²) in [6, 6.07) is 0. The topological polar surface area (TPSA) is 83.5 Å². The Morgan fingerprint density at radius 1 is 1.11 bits per heavy atom. The van der Waals surface area contributed by atoms with Crippen LogP contribution in [-0.4, -0.2) is 28.3 Å². The van der Waals surface area contributed by atoms with Gasteiger partial charge in [-0.3, -0.25) is 14.4 Å². The maximum absolute atomic E-state index is 11.9. The van der Waals surface area contributed by atoms with Crippen LogP contribution in [0, 0.1) is 0 Å². The molecule has 0 aromatic carbocycles. The monoisotopic (exact) mass is 269 g/mol. The first kappa shape index (κ1) is 17.4. The van der Waals surface area contributed by atoms with E-state index in [4.69, 9.17) is 5.11 Å². The van der Waals surface area contributed by atoms with Crippen LogP contribution in [0.5, 0.6) is 0 Å². The Labute approximate surface area is 114 Å². The summed E-state index contributed by atoms with van der Waals surface area (Å²) in [6.07, 6.45) is 4.68. The molecule has 0 aliphatic heterocycles. The van der Waals surface area contributed by atoms with E-state index in [1.165, 1.54) is 0 Å². The summed E-state index contributed by atoms with van der Waals surface area (Å²) in [5.74, 6) is -1.18. The summed E-state index contributed by atoms with van der Waals surface area (Å²) in [5.41, 5.74) is -0.883. The van der Waals surface area contributed by atoms with Crippen LogP contribution in [0.3, 0.4) is 0 Å². The summed E-state index contributed by atoms with van der Waals surface area (Å²) >= 11 is 0. The van der Waals surface area contributed by atoms with Crippen LogP contribution in [0.15, 0.2) is 12.7 Å². The van der Waals surface area contributed by atoms with Gasteiger partial charge in [0.05, 0.1) is 5.54 Å². The Kier molecular flexibility index (Phi) is 7.72. The molecule has 0 spiro atoms. The Bertz CT molecular complexity index is 347. The molecule has 0 saturated heterocycles. The summed E-state index contributed by atoms with van der Waals surface area (Å²) < 4.78 is 0. The third kappa shape index (κ3) is 8.13. The van der Waals surface area contributed by atoms with Gasteiger partial charge in [0.1, 0.15) is 0 Å². The van der Waals surface area contributed by atoms with Gasteiger partial charge in [0.2, 0.25) is 5.91 Å². The molecule has 5 nitrogen and oxygen atoms in total. The van der Waals surface area contributed by atoms with Gasteiger partial charge in [-0.25, -0.2) is 0 Å². The fraction of sp³-hybridized carbons (Fsp3) is 0.643. The number of hydrogen-bond donors (Lipinski definition) is 2. The zero-order chi connectivity index (χ0) is 14.9. The second kappa shape index (κ2) is 8.45. The first-order valence-electron chi connectivity index (χ1n) is 6.49. The van der Waals surface area contributed by atoms with Crippen molar-refractivity contribution in [3.63, 3.8) is 0 Å². The number of amides is 1. The molecule has 108 valence electrons. The normalized spacial score (nSPS) is 10.8. The SMILES string of the molecule is C=CC(=O)NC(C)(C)C(=O)CCCCCCC(=O)O. The molecule has 0 saturated carbocycles. The predicted molar refractivity (Wildman–Crippen MR) is 72.8 cm³/mol. The van der Waals surface area contributed by atoms with Crippen molar-refractivity contribution in [1.29, 1.82) is 0 Å². The molecule has 0 aliphatic carbocycles. The molecule has 0 atom stereocenters.